The van der Waals surface area contributed by atoms with E-state index in [-0.39, 0.29) is 25.7 Å². The van der Waals surface area contributed by atoms with Gasteiger partial charge in [-0.15, -0.1) is 0 Å². The molecule has 1 amide bonds. The average molecular weight is 323 g/mol. The zero-order chi connectivity index (χ0) is 16.9. The van der Waals surface area contributed by atoms with Crippen LogP contribution in [0.1, 0.15) is 26.2 Å². The van der Waals surface area contributed by atoms with E-state index < -0.39 is 12.1 Å². The Morgan fingerprint density at radius 3 is 2.61 bits per heavy atom. The lowest BCUT2D eigenvalue weighted by molar-refractivity contribution is -0.154. The molecular formula is C17H25NO5. The van der Waals surface area contributed by atoms with Crippen LogP contribution in [0.5, 0.6) is 5.75 Å². The molecule has 0 saturated carbocycles. The third-order valence-electron chi connectivity index (χ3n) is 3.03. The maximum Gasteiger partial charge on any atom is 0.344 e. The van der Waals surface area contributed by atoms with Gasteiger partial charge in [0, 0.05) is 13.5 Å². The minimum absolute atomic E-state index is 0.0514. The van der Waals surface area contributed by atoms with Gasteiger partial charge in [-0.3, -0.25) is 4.79 Å². The van der Waals surface area contributed by atoms with Crippen molar-refractivity contribution in [3.8, 4) is 5.75 Å². The number of carbonyl (C=O) groups excluding carboxylic acids is 2. The van der Waals surface area contributed by atoms with E-state index in [1.807, 2.05) is 25.1 Å². The van der Waals surface area contributed by atoms with Crippen molar-refractivity contribution in [1.82, 2.24) is 5.32 Å². The van der Waals surface area contributed by atoms with Crippen LogP contribution in [0.2, 0.25) is 0 Å². The van der Waals surface area contributed by atoms with Crippen molar-refractivity contribution in [2.24, 2.45) is 0 Å². The summed E-state index contributed by atoms with van der Waals surface area (Å²) in [6, 6.07) is 9.02. The molecule has 0 saturated heterocycles. The topological polar surface area (TPSA) is 73.9 Å². The maximum atomic E-state index is 11.8. The van der Waals surface area contributed by atoms with E-state index in [0.29, 0.717) is 12.2 Å². The lowest BCUT2D eigenvalue weighted by Crippen LogP contribution is -2.38. The zero-order valence-electron chi connectivity index (χ0n) is 13.7. The Bertz CT molecular complexity index is 463. The van der Waals surface area contributed by atoms with Crippen LogP contribution >= 0.6 is 0 Å². The van der Waals surface area contributed by atoms with E-state index in [0.717, 1.165) is 12.8 Å². The molecule has 1 unspecified atom stereocenters. The summed E-state index contributed by atoms with van der Waals surface area (Å²) in [5.41, 5.74) is 0. The predicted octanol–water partition coefficient (Wildman–Crippen LogP) is 1.93. The first kappa shape index (κ1) is 19.0. The lowest BCUT2D eigenvalue weighted by atomic mass is 10.2. The van der Waals surface area contributed by atoms with Crippen molar-refractivity contribution in [2.75, 3.05) is 26.9 Å². The summed E-state index contributed by atoms with van der Waals surface area (Å²) in [5, 5.41) is 2.74. The van der Waals surface area contributed by atoms with Crippen LogP contribution in [0, 0.1) is 0 Å². The molecule has 1 aromatic rings. The van der Waals surface area contributed by atoms with Crippen LogP contribution in [0.25, 0.3) is 0 Å². The van der Waals surface area contributed by atoms with Gasteiger partial charge in [-0.05, 0) is 18.6 Å². The second-order valence-electron chi connectivity index (χ2n) is 5.08. The summed E-state index contributed by atoms with van der Waals surface area (Å²) in [4.78, 5) is 23.4. The van der Waals surface area contributed by atoms with Crippen molar-refractivity contribution in [2.45, 2.75) is 32.3 Å². The second kappa shape index (κ2) is 11.5. The van der Waals surface area contributed by atoms with Gasteiger partial charge in [-0.1, -0.05) is 31.5 Å². The number of benzene rings is 1. The molecule has 0 fully saturated rings. The quantitative estimate of drug-likeness (QED) is 0.630. The van der Waals surface area contributed by atoms with Crippen molar-refractivity contribution >= 4 is 11.9 Å². The van der Waals surface area contributed by atoms with Crippen LogP contribution < -0.4 is 10.1 Å². The molecule has 23 heavy (non-hydrogen) atoms. The van der Waals surface area contributed by atoms with Crippen LogP contribution in [-0.2, 0) is 19.1 Å². The van der Waals surface area contributed by atoms with Gasteiger partial charge in [0.2, 0.25) is 5.91 Å². The van der Waals surface area contributed by atoms with Gasteiger partial charge in [0.05, 0.1) is 13.2 Å². The molecule has 0 bridgehead atoms. The molecule has 0 aliphatic carbocycles. The van der Waals surface area contributed by atoms with Gasteiger partial charge in [-0.2, -0.15) is 0 Å². The Morgan fingerprint density at radius 2 is 1.96 bits per heavy atom. The highest BCUT2D eigenvalue weighted by atomic mass is 16.6. The number of para-hydroxylation sites is 1. The Hall–Kier alpha value is -2.08. The number of unbranched alkanes of at least 4 members (excludes halogenated alkanes) is 1. The average Bonchev–Trinajstić information content (AvgIpc) is 2.57. The van der Waals surface area contributed by atoms with Crippen molar-refractivity contribution < 1.29 is 23.8 Å². The Labute approximate surface area is 137 Å². The monoisotopic (exact) mass is 323 g/mol. The minimum atomic E-state index is -0.530. The summed E-state index contributed by atoms with van der Waals surface area (Å²) in [6.07, 6.45) is 1.74. The first-order chi connectivity index (χ1) is 11.2. The van der Waals surface area contributed by atoms with E-state index in [9.17, 15) is 9.59 Å². The number of rotatable bonds is 11. The first-order valence-electron chi connectivity index (χ1n) is 7.78. The van der Waals surface area contributed by atoms with Crippen LogP contribution in [0.4, 0.5) is 0 Å². The van der Waals surface area contributed by atoms with Crippen molar-refractivity contribution in [1.29, 1.82) is 0 Å². The normalized spacial score (nSPS) is 11.6. The smallest absolute Gasteiger partial charge is 0.344 e. The number of amides is 1. The fourth-order valence-corrected chi connectivity index (χ4v) is 1.85. The van der Waals surface area contributed by atoms with Gasteiger partial charge in [-0.25, -0.2) is 4.79 Å². The number of carbonyl (C=O) groups is 2. The number of methoxy groups -OCH3 is 1. The lowest BCUT2D eigenvalue weighted by Gasteiger charge is -2.18. The molecular weight excluding hydrogens is 298 g/mol. The molecule has 1 aromatic carbocycles. The van der Waals surface area contributed by atoms with Crippen LogP contribution in [0.3, 0.4) is 0 Å². The van der Waals surface area contributed by atoms with Crippen LogP contribution in [-0.4, -0.2) is 44.8 Å². The van der Waals surface area contributed by atoms with Gasteiger partial charge in [0.15, 0.2) is 6.61 Å². The molecule has 0 radical (unpaired) electrons. The van der Waals surface area contributed by atoms with Crippen LogP contribution in [0.15, 0.2) is 30.3 Å². The van der Waals surface area contributed by atoms with E-state index in [1.54, 1.807) is 12.1 Å². The summed E-state index contributed by atoms with van der Waals surface area (Å²) in [6.45, 7) is 2.28. The predicted molar refractivity (Wildman–Crippen MR) is 86.2 cm³/mol. The summed E-state index contributed by atoms with van der Waals surface area (Å²) in [7, 11) is 1.51. The first-order valence-corrected chi connectivity index (χ1v) is 7.78. The highest BCUT2D eigenvalue weighted by Gasteiger charge is 2.16. The summed E-state index contributed by atoms with van der Waals surface area (Å²) in [5.74, 6) is 0.0452. The van der Waals surface area contributed by atoms with Gasteiger partial charge >= 0.3 is 5.97 Å². The van der Waals surface area contributed by atoms with E-state index >= 15 is 0 Å². The van der Waals surface area contributed by atoms with Crippen molar-refractivity contribution in [3.63, 3.8) is 0 Å². The third-order valence-corrected chi connectivity index (χ3v) is 3.03. The van der Waals surface area contributed by atoms with E-state index in [1.165, 1.54) is 7.11 Å². The fraction of sp³-hybridized carbons (Fsp3) is 0.529. The molecule has 6 heteroatoms. The largest absolute Gasteiger partial charge is 0.482 e. The zero-order valence-corrected chi connectivity index (χ0v) is 13.7. The third kappa shape index (κ3) is 8.83. The fourth-order valence-electron chi connectivity index (χ4n) is 1.85. The number of hydrogen-bond donors (Lipinski definition) is 1. The molecule has 0 aliphatic heterocycles. The molecule has 0 aliphatic rings. The SMILES string of the molecule is CCCCC(=O)NCC(COC)OC(=O)COc1ccccc1. The molecule has 0 heterocycles. The molecule has 1 atom stereocenters. The second-order valence-corrected chi connectivity index (χ2v) is 5.08. The summed E-state index contributed by atoms with van der Waals surface area (Å²) < 4.78 is 15.6. The molecule has 1 rings (SSSR count). The van der Waals surface area contributed by atoms with Gasteiger partial charge in [0.25, 0.3) is 0 Å². The molecule has 6 nitrogen and oxygen atoms in total. The molecule has 0 spiro atoms. The Morgan fingerprint density at radius 1 is 1.22 bits per heavy atom. The Kier molecular flexibility index (Phi) is 9.47. The number of nitrogens with one attached hydrogen (secondary N) is 1. The van der Waals surface area contributed by atoms with E-state index in [4.69, 9.17) is 14.2 Å². The van der Waals surface area contributed by atoms with Gasteiger partial charge < -0.3 is 19.5 Å². The van der Waals surface area contributed by atoms with Crippen molar-refractivity contribution in [3.05, 3.63) is 30.3 Å². The molecule has 1 N–H and O–H groups in total. The summed E-state index contributed by atoms with van der Waals surface area (Å²) >= 11 is 0. The standard InChI is InChI=1S/C17H25NO5/c1-3-4-10-16(19)18-11-15(12-21-2)23-17(20)13-22-14-8-6-5-7-9-14/h5-9,15H,3-4,10-13H2,1-2H3,(H,18,19). The number of hydrogen-bond acceptors (Lipinski definition) is 5. The number of ether oxygens (including phenoxy) is 3. The Balaban J connectivity index is 2.33. The maximum absolute atomic E-state index is 11.8. The minimum Gasteiger partial charge on any atom is -0.482 e. The number of esters is 1. The van der Waals surface area contributed by atoms with E-state index in [2.05, 4.69) is 5.32 Å². The molecule has 0 aromatic heterocycles. The highest BCUT2D eigenvalue weighted by molar-refractivity contribution is 5.76. The molecule has 128 valence electrons. The highest BCUT2D eigenvalue weighted by Crippen LogP contribution is 2.08. The van der Waals surface area contributed by atoms with Gasteiger partial charge in [0.1, 0.15) is 11.9 Å².